The molecule has 0 aliphatic carbocycles. The van der Waals surface area contributed by atoms with Crippen molar-refractivity contribution < 1.29 is 18.0 Å². The predicted octanol–water partition coefficient (Wildman–Crippen LogP) is 5.73. The molecule has 190 valence electrons. The average molecular weight is 507 g/mol. The normalized spacial score (nSPS) is 16.6. The van der Waals surface area contributed by atoms with Crippen molar-refractivity contribution in [3.8, 4) is 11.3 Å². The fourth-order valence-electron chi connectivity index (χ4n) is 4.49. The maximum Gasteiger partial charge on any atom is 0.405 e. The summed E-state index contributed by atoms with van der Waals surface area (Å²) >= 11 is 0. The molecule has 2 aliphatic rings. The van der Waals surface area contributed by atoms with Crippen molar-refractivity contribution in [3.05, 3.63) is 89.9 Å². The number of nitrogens with zero attached hydrogens (tertiary/aromatic N) is 3. The van der Waals surface area contributed by atoms with Gasteiger partial charge in [0.15, 0.2) is 0 Å². The van der Waals surface area contributed by atoms with Gasteiger partial charge in [0.2, 0.25) is 0 Å². The molecule has 37 heavy (non-hydrogen) atoms. The molecule has 4 aromatic rings. The monoisotopic (exact) mass is 506 g/mol. The fraction of sp³-hybridized carbons (Fsp3) is 0.222. The minimum absolute atomic E-state index is 0.0727. The summed E-state index contributed by atoms with van der Waals surface area (Å²) in [5, 5.41) is 14.1. The smallest absolute Gasteiger partial charge is 0.368 e. The zero-order valence-corrected chi connectivity index (χ0v) is 20.0. The first kappa shape index (κ1) is 24.4. The van der Waals surface area contributed by atoms with Crippen LogP contribution in [-0.2, 0) is 6.54 Å². The molecule has 0 fully saturated rings. The van der Waals surface area contributed by atoms with Gasteiger partial charge in [0.1, 0.15) is 12.2 Å². The first-order valence-corrected chi connectivity index (χ1v) is 11.8. The van der Waals surface area contributed by atoms with E-state index >= 15 is 0 Å². The third-order valence-electron chi connectivity index (χ3n) is 6.21. The number of pyridine rings is 1. The number of aromatic nitrogens is 3. The van der Waals surface area contributed by atoms with Gasteiger partial charge in [-0.2, -0.15) is 18.3 Å². The third kappa shape index (κ3) is 5.74. The second-order valence-corrected chi connectivity index (χ2v) is 9.02. The van der Waals surface area contributed by atoms with E-state index < -0.39 is 12.7 Å². The van der Waals surface area contributed by atoms with E-state index in [9.17, 15) is 18.0 Å². The number of urea groups is 1. The molecule has 6 rings (SSSR count). The number of aromatic amines is 1. The first-order chi connectivity index (χ1) is 17.7. The summed E-state index contributed by atoms with van der Waals surface area (Å²) < 4.78 is 36.5. The lowest BCUT2D eigenvalue weighted by Crippen LogP contribution is -2.33. The second kappa shape index (κ2) is 9.96. The average Bonchev–Trinajstić information content (AvgIpc) is 3.49. The zero-order chi connectivity index (χ0) is 26.0. The Morgan fingerprint density at radius 1 is 1.11 bits per heavy atom. The summed E-state index contributed by atoms with van der Waals surface area (Å²) in [7, 11) is 0. The van der Waals surface area contributed by atoms with Crippen LogP contribution in [-0.4, -0.2) is 45.4 Å². The number of rotatable bonds is 3. The van der Waals surface area contributed by atoms with Crippen LogP contribution in [0.15, 0.2) is 73.1 Å². The van der Waals surface area contributed by atoms with E-state index in [1.165, 1.54) is 11.1 Å². The maximum atomic E-state index is 12.2. The van der Waals surface area contributed by atoms with E-state index in [1.807, 2.05) is 61.5 Å². The van der Waals surface area contributed by atoms with Crippen LogP contribution in [0.2, 0.25) is 0 Å². The minimum Gasteiger partial charge on any atom is -0.368 e. The minimum atomic E-state index is -4.13. The molecular weight excluding hydrogens is 481 g/mol. The largest absolute Gasteiger partial charge is 0.405 e. The summed E-state index contributed by atoms with van der Waals surface area (Å²) in [5.41, 5.74) is 6.72. The van der Waals surface area contributed by atoms with Crippen molar-refractivity contribution >= 4 is 22.6 Å². The number of benzene rings is 2. The molecule has 2 aliphatic heterocycles. The number of carbonyl (C=O) groups is 1. The number of nitrogens with one attached hydrogen (secondary N) is 3. The van der Waals surface area contributed by atoms with Crippen LogP contribution in [0.1, 0.15) is 22.7 Å². The van der Waals surface area contributed by atoms with E-state index in [0.717, 1.165) is 44.7 Å². The van der Waals surface area contributed by atoms with Gasteiger partial charge in [-0.3, -0.25) is 10.1 Å². The van der Waals surface area contributed by atoms with Crippen LogP contribution in [0.3, 0.4) is 0 Å². The Labute approximate surface area is 211 Å². The molecule has 3 N–H and O–H groups in total. The van der Waals surface area contributed by atoms with E-state index in [-0.39, 0.29) is 11.9 Å². The zero-order valence-electron chi connectivity index (χ0n) is 20.0. The van der Waals surface area contributed by atoms with Gasteiger partial charge in [-0.25, -0.2) is 4.79 Å². The third-order valence-corrected chi connectivity index (χ3v) is 6.21. The highest BCUT2D eigenvalue weighted by molar-refractivity contribution is 6.00. The molecule has 4 heterocycles. The summed E-state index contributed by atoms with van der Waals surface area (Å²) in [5.74, 6) is 0.0727. The van der Waals surface area contributed by atoms with Crippen molar-refractivity contribution in [1.82, 2.24) is 25.4 Å². The number of amides is 2. The van der Waals surface area contributed by atoms with Crippen LogP contribution < -0.4 is 10.6 Å². The van der Waals surface area contributed by atoms with Crippen molar-refractivity contribution in [2.24, 2.45) is 0 Å². The number of carbonyl (C=O) groups excluding carboxylic acids is 1. The van der Waals surface area contributed by atoms with Crippen molar-refractivity contribution in [2.45, 2.75) is 25.6 Å². The number of hydrogen-bond donors (Lipinski definition) is 3. The number of hydrogen-bond acceptors (Lipinski definition) is 4. The Morgan fingerprint density at radius 3 is 2.68 bits per heavy atom. The summed E-state index contributed by atoms with van der Waals surface area (Å²) in [6, 6.07) is 17.3. The Bertz CT molecular complexity index is 1450. The van der Waals surface area contributed by atoms with Crippen molar-refractivity contribution in [3.63, 3.8) is 0 Å². The lowest BCUT2D eigenvalue weighted by Gasteiger charge is -2.19. The number of alkyl halides is 3. The molecule has 1 atom stereocenters. The standard InChI is InChI=1S/C15H13N5O.C12H12F3N/c1-8-4-9(2-3-16-8)14-11-5-10-7-17-15(21)18-12(10)6-13(11)19-20-14;13-12(14,15)9-16-7-6-11(8-16)10-4-2-1-3-5-10/h2-6H,7H2,1H3,(H,19,20)(H2,17,18,21);1-7,11H,8-9H2. The fourth-order valence-corrected chi connectivity index (χ4v) is 4.49. The molecule has 2 aromatic carbocycles. The van der Waals surface area contributed by atoms with E-state index in [4.69, 9.17) is 0 Å². The molecule has 7 nitrogen and oxygen atoms in total. The molecule has 1 unspecified atom stereocenters. The quantitative estimate of drug-likeness (QED) is 0.331. The summed E-state index contributed by atoms with van der Waals surface area (Å²) in [6.45, 7) is 2.02. The molecular formula is C27H25F3N6O. The molecule has 0 radical (unpaired) electrons. The van der Waals surface area contributed by atoms with Gasteiger partial charge < -0.3 is 15.5 Å². The number of anilines is 1. The Kier molecular flexibility index (Phi) is 6.56. The van der Waals surface area contributed by atoms with Crippen LogP contribution in [0.25, 0.3) is 22.2 Å². The number of fused-ring (bicyclic) bond motifs is 2. The topological polar surface area (TPSA) is 85.9 Å². The molecule has 2 aromatic heterocycles. The summed E-state index contributed by atoms with van der Waals surface area (Å²) in [4.78, 5) is 16.9. The van der Waals surface area contributed by atoms with Crippen molar-refractivity contribution in [1.29, 1.82) is 0 Å². The van der Waals surface area contributed by atoms with E-state index in [2.05, 4.69) is 31.9 Å². The lowest BCUT2D eigenvalue weighted by molar-refractivity contribution is -0.139. The molecule has 0 bridgehead atoms. The molecule has 0 saturated carbocycles. The lowest BCUT2D eigenvalue weighted by atomic mass is 10.0. The van der Waals surface area contributed by atoms with Crippen molar-refractivity contribution in [2.75, 3.05) is 18.4 Å². The highest BCUT2D eigenvalue weighted by atomic mass is 19.4. The Morgan fingerprint density at radius 2 is 1.92 bits per heavy atom. The second-order valence-electron chi connectivity index (χ2n) is 9.02. The van der Waals surface area contributed by atoms with Gasteiger partial charge in [-0.05, 0) is 48.5 Å². The number of halogens is 3. The SMILES string of the molecule is Cc1cc(-c2n[nH]c3cc4c(cc23)CNC(=O)N4)ccn1.FC(F)(F)CN1C=CC(c2ccccc2)C1. The van der Waals surface area contributed by atoms with Gasteiger partial charge in [0.25, 0.3) is 0 Å². The van der Waals surface area contributed by atoms with Gasteiger partial charge >= 0.3 is 12.2 Å². The van der Waals surface area contributed by atoms with Gasteiger partial charge in [0, 0.05) is 47.5 Å². The number of aryl methyl sites for hydroxylation is 1. The highest BCUT2D eigenvalue weighted by Gasteiger charge is 2.32. The highest BCUT2D eigenvalue weighted by Crippen LogP contribution is 2.32. The molecule has 0 saturated heterocycles. The van der Waals surface area contributed by atoms with E-state index in [0.29, 0.717) is 13.1 Å². The summed E-state index contributed by atoms with van der Waals surface area (Å²) in [6.07, 6.45) is 1.01. The predicted molar refractivity (Wildman–Crippen MR) is 136 cm³/mol. The van der Waals surface area contributed by atoms with Crippen LogP contribution >= 0.6 is 0 Å². The molecule has 10 heteroatoms. The maximum absolute atomic E-state index is 12.2. The first-order valence-electron chi connectivity index (χ1n) is 11.8. The van der Waals surface area contributed by atoms with Crippen LogP contribution in [0.5, 0.6) is 0 Å². The van der Waals surface area contributed by atoms with Gasteiger partial charge in [-0.1, -0.05) is 36.4 Å². The van der Waals surface area contributed by atoms with Crippen LogP contribution in [0.4, 0.5) is 23.7 Å². The Balaban J connectivity index is 0.000000158. The molecule has 0 spiro atoms. The Hall–Kier alpha value is -4.34. The van der Waals surface area contributed by atoms with Crippen LogP contribution in [0, 0.1) is 6.92 Å². The number of H-pyrrole nitrogens is 1. The van der Waals surface area contributed by atoms with Gasteiger partial charge in [-0.15, -0.1) is 0 Å². The molecule has 2 amide bonds. The van der Waals surface area contributed by atoms with E-state index in [1.54, 1.807) is 6.20 Å². The van der Waals surface area contributed by atoms with Gasteiger partial charge in [0.05, 0.1) is 5.52 Å².